The summed E-state index contributed by atoms with van der Waals surface area (Å²) >= 11 is 0. The molecule has 0 saturated carbocycles. The highest BCUT2D eigenvalue weighted by Crippen LogP contribution is 2.28. The Balaban J connectivity index is 1.98. The standard InChI is InChI=1S/C18H30N2/c1-17(2,3)13-18(4,5)20-12-15-11-19-10-14-8-6-7-9-16(14)15/h6-9,15,19-20H,10-13H2,1-5H3. The molecule has 0 spiro atoms. The van der Waals surface area contributed by atoms with E-state index < -0.39 is 0 Å². The Bertz CT molecular complexity index is 443. The minimum atomic E-state index is 0.185. The Hall–Kier alpha value is -0.860. The second-order valence-corrected chi connectivity index (χ2v) is 8.03. The van der Waals surface area contributed by atoms with Crippen LogP contribution >= 0.6 is 0 Å². The average molecular weight is 274 g/mol. The molecule has 0 saturated heterocycles. The van der Waals surface area contributed by atoms with Gasteiger partial charge in [-0.1, -0.05) is 45.0 Å². The first kappa shape index (κ1) is 15.5. The SMILES string of the molecule is CC(C)(C)CC(C)(C)NCC1CNCc2ccccc21. The van der Waals surface area contributed by atoms with E-state index in [1.54, 1.807) is 0 Å². The van der Waals surface area contributed by atoms with Gasteiger partial charge in [0.25, 0.3) is 0 Å². The predicted molar refractivity (Wildman–Crippen MR) is 87.0 cm³/mol. The summed E-state index contributed by atoms with van der Waals surface area (Å²) < 4.78 is 0. The smallest absolute Gasteiger partial charge is 0.0208 e. The molecule has 1 aliphatic rings. The van der Waals surface area contributed by atoms with Crippen LogP contribution in [0.5, 0.6) is 0 Å². The van der Waals surface area contributed by atoms with Crippen LogP contribution in [0.15, 0.2) is 24.3 Å². The van der Waals surface area contributed by atoms with Gasteiger partial charge in [0.05, 0.1) is 0 Å². The summed E-state index contributed by atoms with van der Waals surface area (Å²) in [7, 11) is 0. The van der Waals surface area contributed by atoms with Crippen LogP contribution in [0.2, 0.25) is 0 Å². The first-order valence-corrected chi connectivity index (χ1v) is 7.80. The van der Waals surface area contributed by atoms with Gasteiger partial charge in [0.2, 0.25) is 0 Å². The maximum atomic E-state index is 3.79. The summed E-state index contributed by atoms with van der Waals surface area (Å²) in [5.74, 6) is 0.583. The third-order valence-corrected chi connectivity index (χ3v) is 4.00. The van der Waals surface area contributed by atoms with Crippen LogP contribution in [0, 0.1) is 5.41 Å². The average Bonchev–Trinajstić information content (AvgIpc) is 2.33. The van der Waals surface area contributed by atoms with Gasteiger partial charge in [0.1, 0.15) is 0 Å². The van der Waals surface area contributed by atoms with Crippen molar-refractivity contribution in [2.75, 3.05) is 13.1 Å². The molecule has 1 atom stereocenters. The third-order valence-electron chi connectivity index (χ3n) is 4.00. The van der Waals surface area contributed by atoms with Crippen LogP contribution in [0.3, 0.4) is 0 Å². The van der Waals surface area contributed by atoms with E-state index in [1.165, 1.54) is 17.5 Å². The molecule has 0 radical (unpaired) electrons. The summed E-state index contributed by atoms with van der Waals surface area (Å²) in [6.45, 7) is 14.7. The van der Waals surface area contributed by atoms with Crippen LogP contribution in [-0.2, 0) is 6.54 Å². The summed E-state index contributed by atoms with van der Waals surface area (Å²) in [6, 6.07) is 8.84. The molecule has 1 aromatic rings. The minimum absolute atomic E-state index is 0.185. The number of rotatable bonds is 4. The van der Waals surface area contributed by atoms with Crippen molar-refractivity contribution in [2.24, 2.45) is 5.41 Å². The van der Waals surface area contributed by atoms with Gasteiger partial charge >= 0.3 is 0 Å². The van der Waals surface area contributed by atoms with E-state index in [-0.39, 0.29) is 5.54 Å². The first-order chi connectivity index (χ1) is 9.27. The lowest BCUT2D eigenvalue weighted by atomic mass is 9.81. The minimum Gasteiger partial charge on any atom is -0.312 e. The molecule has 112 valence electrons. The van der Waals surface area contributed by atoms with Gasteiger partial charge in [-0.3, -0.25) is 0 Å². The monoisotopic (exact) mass is 274 g/mol. The van der Waals surface area contributed by atoms with Crippen molar-refractivity contribution >= 4 is 0 Å². The van der Waals surface area contributed by atoms with Gasteiger partial charge < -0.3 is 10.6 Å². The molecule has 1 unspecified atom stereocenters. The van der Waals surface area contributed by atoms with E-state index in [2.05, 4.69) is 69.5 Å². The Morgan fingerprint density at radius 1 is 1.15 bits per heavy atom. The van der Waals surface area contributed by atoms with Crippen molar-refractivity contribution in [2.45, 2.75) is 59.0 Å². The lowest BCUT2D eigenvalue weighted by molar-refractivity contribution is 0.237. The molecule has 2 heteroatoms. The Morgan fingerprint density at radius 2 is 1.85 bits per heavy atom. The molecule has 2 rings (SSSR count). The van der Waals surface area contributed by atoms with E-state index in [1.807, 2.05) is 0 Å². The zero-order valence-electron chi connectivity index (χ0n) is 13.7. The van der Waals surface area contributed by atoms with Gasteiger partial charge in [-0.05, 0) is 36.8 Å². The molecular weight excluding hydrogens is 244 g/mol. The fourth-order valence-corrected chi connectivity index (χ4v) is 3.55. The highest BCUT2D eigenvalue weighted by Gasteiger charge is 2.27. The number of hydrogen-bond acceptors (Lipinski definition) is 2. The third kappa shape index (κ3) is 4.32. The van der Waals surface area contributed by atoms with Gasteiger partial charge in [0.15, 0.2) is 0 Å². The number of benzene rings is 1. The van der Waals surface area contributed by atoms with Crippen molar-refractivity contribution in [1.29, 1.82) is 0 Å². The molecule has 2 N–H and O–H groups in total. The normalized spacial score (nSPS) is 19.8. The van der Waals surface area contributed by atoms with Crippen molar-refractivity contribution in [3.05, 3.63) is 35.4 Å². The quantitative estimate of drug-likeness (QED) is 0.875. The Labute approximate surface area is 124 Å². The second-order valence-electron chi connectivity index (χ2n) is 8.03. The second kappa shape index (κ2) is 5.87. The highest BCUT2D eigenvalue weighted by atomic mass is 15.0. The predicted octanol–water partition coefficient (Wildman–Crippen LogP) is 3.68. The van der Waals surface area contributed by atoms with Gasteiger partial charge in [-0.2, -0.15) is 0 Å². The molecule has 2 nitrogen and oxygen atoms in total. The number of hydrogen-bond donors (Lipinski definition) is 2. The molecular formula is C18H30N2. The molecule has 1 aliphatic heterocycles. The molecule has 0 aliphatic carbocycles. The van der Waals surface area contributed by atoms with E-state index in [0.29, 0.717) is 11.3 Å². The first-order valence-electron chi connectivity index (χ1n) is 7.80. The summed E-state index contributed by atoms with van der Waals surface area (Å²) in [6.07, 6.45) is 1.18. The number of nitrogens with one attached hydrogen (secondary N) is 2. The number of fused-ring (bicyclic) bond motifs is 1. The van der Waals surface area contributed by atoms with Crippen LogP contribution < -0.4 is 10.6 Å². The van der Waals surface area contributed by atoms with Gasteiger partial charge in [0, 0.05) is 31.1 Å². The fourth-order valence-electron chi connectivity index (χ4n) is 3.55. The summed E-state index contributed by atoms with van der Waals surface area (Å²) in [5, 5.41) is 7.32. The van der Waals surface area contributed by atoms with Gasteiger partial charge in [-0.15, -0.1) is 0 Å². The lowest BCUT2D eigenvalue weighted by Crippen LogP contribution is -2.46. The van der Waals surface area contributed by atoms with Crippen molar-refractivity contribution in [3.63, 3.8) is 0 Å². The van der Waals surface area contributed by atoms with Crippen molar-refractivity contribution < 1.29 is 0 Å². The van der Waals surface area contributed by atoms with E-state index in [9.17, 15) is 0 Å². The van der Waals surface area contributed by atoms with Crippen LogP contribution in [0.4, 0.5) is 0 Å². The maximum absolute atomic E-state index is 3.79. The Kier molecular flexibility index (Phi) is 4.55. The summed E-state index contributed by atoms with van der Waals surface area (Å²) in [4.78, 5) is 0. The Morgan fingerprint density at radius 3 is 2.55 bits per heavy atom. The molecule has 20 heavy (non-hydrogen) atoms. The van der Waals surface area contributed by atoms with Crippen LogP contribution in [-0.4, -0.2) is 18.6 Å². The largest absolute Gasteiger partial charge is 0.312 e. The zero-order valence-corrected chi connectivity index (χ0v) is 13.7. The molecule has 1 heterocycles. The lowest BCUT2D eigenvalue weighted by Gasteiger charge is -2.36. The van der Waals surface area contributed by atoms with Gasteiger partial charge in [-0.25, -0.2) is 0 Å². The van der Waals surface area contributed by atoms with Crippen molar-refractivity contribution in [3.8, 4) is 0 Å². The topological polar surface area (TPSA) is 24.1 Å². The van der Waals surface area contributed by atoms with E-state index in [4.69, 9.17) is 0 Å². The molecule has 0 bridgehead atoms. The molecule has 0 aromatic heterocycles. The van der Waals surface area contributed by atoms with E-state index in [0.717, 1.165) is 19.6 Å². The molecule has 0 amide bonds. The fraction of sp³-hybridized carbons (Fsp3) is 0.667. The highest BCUT2D eigenvalue weighted by molar-refractivity contribution is 5.32. The van der Waals surface area contributed by atoms with Crippen LogP contribution in [0.25, 0.3) is 0 Å². The van der Waals surface area contributed by atoms with Crippen molar-refractivity contribution in [1.82, 2.24) is 10.6 Å². The van der Waals surface area contributed by atoms with E-state index >= 15 is 0 Å². The zero-order chi connectivity index (χ0) is 14.8. The van der Waals surface area contributed by atoms with Crippen LogP contribution in [0.1, 0.15) is 58.1 Å². The maximum Gasteiger partial charge on any atom is 0.0208 e. The summed E-state index contributed by atoms with van der Waals surface area (Å²) in [5.41, 5.74) is 3.52. The molecule has 1 aromatic carbocycles. The molecule has 0 fully saturated rings.